The minimum absolute atomic E-state index is 0.842. The fraction of sp³-hybridized carbons (Fsp3) is 0. The molecule has 0 bridgehead atoms. The molecule has 2 aromatic rings. The molecule has 0 aromatic heterocycles. The molecule has 19 heavy (non-hydrogen) atoms. The highest BCUT2D eigenvalue weighted by Gasteiger charge is 1.98. The summed E-state index contributed by atoms with van der Waals surface area (Å²) in [7, 11) is 0. The summed E-state index contributed by atoms with van der Waals surface area (Å²) in [5.41, 5.74) is 4.53. The van der Waals surface area contributed by atoms with Gasteiger partial charge in [0.05, 0.1) is 0 Å². The second-order valence-electron chi connectivity index (χ2n) is 4.25. The van der Waals surface area contributed by atoms with Crippen molar-refractivity contribution in [1.29, 1.82) is 0 Å². The molecule has 2 rings (SSSR count). The molecule has 0 amide bonds. The van der Waals surface area contributed by atoms with Crippen LogP contribution in [0, 0.1) is 0 Å². The SMILES string of the molecule is C=C(Br)/C=C\C(=C)c1ccc(-c2ccccc2)cc1. The van der Waals surface area contributed by atoms with Crippen molar-refractivity contribution in [2.24, 2.45) is 0 Å². The van der Waals surface area contributed by atoms with Gasteiger partial charge in [-0.3, -0.25) is 0 Å². The molecule has 0 nitrogen and oxygen atoms in total. The second kappa shape index (κ2) is 6.35. The number of benzene rings is 2. The van der Waals surface area contributed by atoms with Crippen molar-refractivity contribution in [3.05, 3.63) is 90.0 Å². The molecule has 0 spiro atoms. The first kappa shape index (κ1) is 13.6. The lowest BCUT2D eigenvalue weighted by Crippen LogP contribution is -1.81. The Morgan fingerprint density at radius 1 is 0.789 bits per heavy atom. The summed E-state index contributed by atoms with van der Waals surface area (Å²) in [4.78, 5) is 0. The lowest BCUT2D eigenvalue weighted by atomic mass is 10.0. The second-order valence-corrected chi connectivity index (χ2v) is 5.27. The standard InChI is InChI=1S/C18H15Br/c1-14(8-9-15(2)19)16-10-12-18(13-11-16)17-6-4-3-5-7-17/h3-13H,1-2H2/b9-8-. The van der Waals surface area contributed by atoms with E-state index in [4.69, 9.17) is 0 Å². The van der Waals surface area contributed by atoms with E-state index in [9.17, 15) is 0 Å². The fourth-order valence-corrected chi connectivity index (χ4v) is 1.93. The van der Waals surface area contributed by atoms with Crippen molar-refractivity contribution < 1.29 is 0 Å². The number of allylic oxidation sites excluding steroid dienone is 4. The molecule has 0 aliphatic heterocycles. The number of rotatable bonds is 4. The van der Waals surface area contributed by atoms with Gasteiger partial charge in [-0.05, 0) is 28.3 Å². The minimum Gasteiger partial charge on any atom is -0.0912 e. The number of hydrogen-bond donors (Lipinski definition) is 0. The van der Waals surface area contributed by atoms with Crippen LogP contribution < -0.4 is 0 Å². The molecule has 0 N–H and O–H groups in total. The van der Waals surface area contributed by atoms with Crippen molar-refractivity contribution in [2.75, 3.05) is 0 Å². The zero-order valence-electron chi connectivity index (χ0n) is 10.6. The number of halogens is 1. The van der Waals surface area contributed by atoms with E-state index in [1.54, 1.807) is 0 Å². The topological polar surface area (TPSA) is 0 Å². The van der Waals surface area contributed by atoms with Crippen LogP contribution in [0.5, 0.6) is 0 Å². The van der Waals surface area contributed by atoms with Gasteiger partial charge in [0.1, 0.15) is 0 Å². The van der Waals surface area contributed by atoms with Crippen molar-refractivity contribution in [3.8, 4) is 11.1 Å². The highest BCUT2D eigenvalue weighted by Crippen LogP contribution is 2.22. The van der Waals surface area contributed by atoms with E-state index in [1.807, 2.05) is 30.4 Å². The van der Waals surface area contributed by atoms with Crippen LogP contribution in [0.25, 0.3) is 16.7 Å². The van der Waals surface area contributed by atoms with Gasteiger partial charge in [0.25, 0.3) is 0 Å². The Hall–Kier alpha value is -1.86. The van der Waals surface area contributed by atoms with Gasteiger partial charge in [0, 0.05) is 4.48 Å². The van der Waals surface area contributed by atoms with Gasteiger partial charge in [-0.25, -0.2) is 0 Å². The van der Waals surface area contributed by atoms with E-state index in [0.717, 1.165) is 15.6 Å². The molecular formula is C18H15Br. The third-order valence-electron chi connectivity index (χ3n) is 2.83. The molecule has 0 atom stereocenters. The highest BCUT2D eigenvalue weighted by molar-refractivity contribution is 9.11. The van der Waals surface area contributed by atoms with Crippen molar-refractivity contribution in [1.82, 2.24) is 0 Å². The van der Waals surface area contributed by atoms with Gasteiger partial charge < -0.3 is 0 Å². The zero-order chi connectivity index (χ0) is 13.7. The molecule has 0 heterocycles. The Morgan fingerprint density at radius 2 is 1.37 bits per heavy atom. The summed E-state index contributed by atoms with van der Waals surface area (Å²) in [5, 5.41) is 0. The summed E-state index contributed by atoms with van der Waals surface area (Å²) >= 11 is 3.30. The highest BCUT2D eigenvalue weighted by atomic mass is 79.9. The third kappa shape index (κ3) is 3.80. The molecule has 0 aliphatic rings. The average Bonchev–Trinajstić information content (AvgIpc) is 2.46. The first-order valence-electron chi connectivity index (χ1n) is 6.04. The summed E-state index contributed by atoms with van der Waals surface area (Å²) in [6.45, 7) is 7.81. The van der Waals surface area contributed by atoms with Crippen LogP contribution in [-0.4, -0.2) is 0 Å². The first-order chi connectivity index (χ1) is 9.16. The molecule has 94 valence electrons. The first-order valence-corrected chi connectivity index (χ1v) is 6.83. The molecule has 0 fully saturated rings. The van der Waals surface area contributed by atoms with Crippen LogP contribution in [0.15, 0.2) is 84.4 Å². The lowest BCUT2D eigenvalue weighted by Gasteiger charge is -2.04. The van der Waals surface area contributed by atoms with Crippen molar-refractivity contribution >= 4 is 21.5 Å². The molecule has 0 aliphatic carbocycles. The normalized spacial score (nSPS) is 10.6. The van der Waals surface area contributed by atoms with Crippen molar-refractivity contribution in [2.45, 2.75) is 0 Å². The predicted molar refractivity (Wildman–Crippen MR) is 88.1 cm³/mol. The monoisotopic (exact) mass is 310 g/mol. The van der Waals surface area contributed by atoms with Crippen LogP contribution >= 0.6 is 15.9 Å². The zero-order valence-corrected chi connectivity index (χ0v) is 12.2. The number of hydrogen-bond acceptors (Lipinski definition) is 0. The van der Waals surface area contributed by atoms with E-state index in [2.05, 4.69) is 65.5 Å². The summed E-state index contributed by atoms with van der Waals surface area (Å²) in [6, 6.07) is 18.8. The van der Waals surface area contributed by atoms with Gasteiger partial charge in [-0.2, -0.15) is 0 Å². The van der Waals surface area contributed by atoms with Gasteiger partial charge in [0.15, 0.2) is 0 Å². The minimum atomic E-state index is 0.842. The Kier molecular flexibility index (Phi) is 4.53. The molecule has 0 saturated carbocycles. The molecular weight excluding hydrogens is 296 g/mol. The third-order valence-corrected chi connectivity index (χ3v) is 3.09. The molecule has 2 aromatic carbocycles. The smallest absolute Gasteiger partial charge is 0.0103 e. The molecule has 0 unspecified atom stereocenters. The van der Waals surface area contributed by atoms with Crippen LogP contribution in [0.4, 0.5) is 0 Å². The lowest BCUT2D eigenvalue weighted by molar-refractivity contribution is 1.58. The van der Waals surface area contributed by atoms with Crippen LogP contribution in [0.3, 0.4) is 0 Å². The van der Waals surface area contributed by atoms with E-state index in [-0.39, 0.29) is 0 Å². The van der Waals surface area contributed by atoms with Gasteiger partial charge in [-0.1, -0.05) is 89.8 Å². The quantitative estimate of drug-likeness (QED) is 0.623. The predicted octanol–water partition coefficient (Wildman–Crippen LogP) is 5.83. The van der Waals surface area contributed by atoms with Gasteiger partial charge >= 0.3 is 0 Å². The van der Waals surface area contributed by atoms with E-state index in [1.165, 1.54) is 11.1 Å². The van der Waals surface area contributed by atoms with E-state index < -0.39 is 0 Å². The van der Waals surface area contributed by atoms with Gasteiger partial charge in [0.2, 0.25) is 0 Å². The average molecular weight is 311 g/mol. The Labute approximate surface area is 122 Å². The molecule has 1 heteroatoms. The maximum absolute atomic E-state index is 4.05. The van der Waals surface area contributed by atoms with E-state index in [0.29, 0.717) is 0 Å². The maximum atomic E-state index is 4.05. The van der Waals surface area contributed by atoms with Crippen molar-refractivity contribution in [3.63, 3.8) is 0 Å². The van der Waals surface area contributed by atoms with Crippen LogP contribution in [-0.2, 0) is 0 Å². The fourth-order valence-electron chi connectivity index (χ4n) is 1.79. The maximum Gasteiger partial charge on any atom is 0.0103 e. The molecule has 0 saturated heterocycles. The molecule has 0 radical (unpaired) electrons. The summed E-state index contributed by atoms with van der Waals surface area (Å²) < 4.78 is 0.842. The Balaban J connectivity index is 2.19. The van der Waals surface area contributed by atoms with Crippen LogP contribution in [0.2, 0.25) is 0 Å². The largest absolute Gasteiger partial charge is 0.0912 e. The van der Waals surface area contributed by atoms with Gasteiger partial charge in [-0.15, -0.1) is 0 Å². The summed E-state index contributed by atoms with van der Waals surface area (Å²) in [5.74, 6) is 0. The summed E-state index contributed by atoms with van der Waals surface area (Å²) in [6.07, 6.45) is 3.85. The Bertz CT molecular complexity index is 604. The Morgan fingerprint density at radius 3 is 1.95 bits per heavy atom. The van der Waals surface area contributed by atoms with E-state index >= 15 is 0 Å². The van der Waals surface area contributed by atoms with Crippen LogP contribution in [0.1, 0.15) is 5.56 Å².